The van der Waals surface area contributed by atoms with Gasteiger partial charge < -0.3 is 10.6 Å². The van der Waals surface area contributed by atoms with Crippen molar-refractivity contribution in [2.45, 2.75) is 24.3 Å². The third kappa shape index (κ3) is 4.03. The zero-order chi connectivity index (χ0) is 12.8. The van der Waals surface area contributed by atoms with E-state index in [1.807, 2.05) is 17.8 Å². The van der Waals surface area contributed by atoms with Crippen molar-refractivity contribution in [1.29, 1.82) is 0 Å². The minimum absolute atomic E-state index is 0.253. The SMILES string of the molecule is CC1=NCCN1CC[C@@H](N)CSc1ccccc1. The molecule has 1 aromatic carbocycles. The quantitative estimate of drug-likeness (QED) is 0.800. The van der Waals surface area contributed by atoms with Gasteiger partial charge in [-0.25, -0.2) is 0 Å². The molecule has 0 fully saturated rings. The maximum atomic E-state index is 6.16. The zero-order valence-corrected chi connectivity index (χ0v) is 11.7. The number of rotatable bonds is 6. The topological polar surface area (TPSA) is 41.6 Å². The molecule has 0 bridgehead atoms. The predicted molar refractivity (Wildman–Crippen MR) is 79.3 cm³/mol. The number of nitrogens with two attached hydrogens (primary N) is 1. The van der Waals surface area contributed by atoms with E-state index in [2.05, 4.69) is 41.1 Å². The van der Waals surface area contributed by atoms with Gasteiger partial charge >= 0.3 is 0 Å². The second kappa shape index (κ2) is 6.81. The average molecular weight is 263 g/mol. The number of benzene rings is 1. The Bertz CT molecular complexity index is 391. The Morgan fingerprint density at radius 2 is 2.17 bits per heavy atom. The molecule has 1 atom stereocenters. The summed E-state index contributed by atoms with van der Waals surface area (Å²) in [6.45, 7) is 5.12. The summed E-state index contributed by atoms with van der Waals surface area (Å²) >= 11 is 1.84. The second-order valence-electron chi connectivity index (χ2n) is 4.59. The lowest BCUT2D eigenvalue weighted by Gasteiger charge is -2.20. The molecule has 2 N–H and O–H groups in total. The molecule has 0 spiro atoms. The van der Waals surface area contributed by atoms with Gasteiger partial charge in [0, 0.05) is 29.8 Å². The summed E-state index contributed by atoms with van der Waals surface area (Å²) in [5.74, 6) is 2.14. The maximum absolute atomic E-state index is 6.16. The standard InChI is InChI=1S/C14H21N3S/c1-12-16-8-10-17(12)9-7-13(15)11-18-14-5-3-2-4-6-14/h2-6,13H,7-11,15H2,1H3/t13-/m1/s1. The summed E-state index contributed by atoms with van der Waals surface area (Å²) in [4.78, 5) is 8.01. The van der Waals surface area contributed by atoms with Gasteiger partial charge in [0.25, 0.3) is 0 Å². The Balaban J connectivity index is 1.66. The van der Waals surface area contributed by atoms with Crippen LogP contribution in [0.1, 0.15) is 13.3 Å². The maximum Gasteiger partial charge on any atom is 0.0958 e. The Morgan fingerprint density at radius 1 is 1.39 bits per heavy atom. The molecule has 0 saturated carbocycles. The normalized spacial score (nSPS) is 16.8. The van der Waals surface area contributed by atoms with Gasteiger partial charge in [-0.3, -0.25) is 4.99 Å². The van der Waals surface area contributed by atoms with Gasteiger partial charge in [-0.05, 0) is 25.5 Å². The Labute approximate surface area is 113 Å². The monoisotopic (exact) mass is 263 g/mol. The van der Waals surface area contributed by atoms with Crippen molar-refractivity contribution in [3.05, 3.63) is 30.3 Å². The molecule has 0 radical (unpaired) electrons. The highest BCUT2D eigenvalue weighted by atomic mass is 32.2. The third-order valence-electron chi connectivity index (χ3n) is 3.15. The minimum Gasteiger partial charge on any atom is -0.359 e. The van der Waals surface area contributed by atoms with Crippen LogP contribution in [-0.2, 0) is 0 Å². The van der Waals surface area contributed by atoms with E-state index in [4.69, 9.17) is 5.73 Å². The molecule has 0 aromatic heterocycles. The number of aliphatic imine (C=N–C) groups is 1. The van der Waals surface area contributed by atoms with Crippen LogP contribution in [-0.4, -0.2) is 42.2 Å². The smallest absolute Gasteiger partial charge is 0.0958 e. The molecule has 1 aliphatic heterocycles. The van der Waals surface area contributed by atoms with Gasteiger partial charge in [-0.2, -0.15) is 0 Å². The van der Waals surface area contributed by atoms with Crippen LogP contribution < -0.4 is 5.73 Å². The molecule has 0 amide bonds. The highest BCUT2D eigenvalue weighted by Gasteiger charge is 2.13. The summed E-state index contributed by atoms with van der Waals surface area (Å²) in [6, 6.07) is 10.7. The molecular formula is C14H21N3S. The lowest BCUT2D eigenvalue weighted by molar-refractivity contribution is 0.427. The van der Waals surface area contributed by atoms with Crippen LogP contribution in [0.4, 0.5) is 0 Å². The van der Waals surface area contributed by atoms with Gasteiger partial charge in [0.1, 0.15) is 0 Å². The largest absolute Gasteiger partial charge is 0.359 e. The summed E-state index contributed by atoms with van der Waals surface area (Å²) in [5.41, 5.74) is 6.16. The molecule has 3 nitrogen and oxygen atoms in total. The number of nitrogens with zero attached hydrogens (tertiary/aromatic N) is 2. The summed E-state index contributed by atoms with van der Waals surface area (Å²) in [7, 11) is 0. The van der Waals surface area contributed by atoms with Gasteiger partial charge in [-0.1, -0.05) is 18.2 Å². The Kier molecular flexibility index (Phi) is 5.08. The van der Waals surface area contributed by atoms with Crippen LogP contribution in [0.3, 0.4) is 0 Å². The molecule has 1 aliphatic rings. The van der Waals surface area contributed by atoms with E-state index in [1.165, 1.54) is 4.90 Å². The number of thioether (sulfide) groups is 1. The van der Waals surface area contributed by atoms with Crippen molar-refractivity contribution in [2.24, 2.45) is 10.7 Å². The van der Waals surface area contributed by atoms with Crippen LogP contribution in [0, 0.1) is 0 Å². The van der Waals surface area contributed by atoms with E-state index < -0.39 is 0 Å². The molecule has 0 aliphatic carbocycles. The van der Waals surface area contributed by atoms with E-state index in [0.717, 1.165) is 37.6 Å². The van der Waals surface area contributed by atoms with Crippen molar-refractivity contribution in [3.8, 4) is 0 Å². The molecule has 18 heavy (non-hydrogen) atoms. The number of amidine groups is 1. The first-order valence-corrected chi connectivity index (χ1v) is 7.43. The Hall–Kier alpha value is -1.00. The fourth-order valence-electron chi connectivity index (χ4n) is 1.99. The summed E-state index contributed by atoms with van der Waals surface area (Å²) in [5, 5.41) is 0. The van der Waals surface area contributed by atoms with Crippen LogP contribution in [0.25, 0.3) is 0 Å². The fraction of sp³-hybridized carbons (Fsp3) is 0.500. The molecular weight excluding hydrogens is 242 g/mol. The van der Waals surface area contributed by atoms with E-state index in [9.17, 15) is 0 Å². The van der Waals surface area contributed by atoms with Crippen molar-refractivity contribution in [3.63, 3.8) is 0 Å². The zero-order valence-electron chi connectivity index (χ0n) is 10.9. The number of hydrogen-bond acceptors (Lipinski definition) is 4. The lowest BCUT2D eigenvalue weighted by atomic mass is 10.2. The van der Waals surface area contributed by atoms with E-state index >= 15 is 0 Å². The highest BCUT2D eigenvalue weighted by Crippen LogP contribution is 2.18. The third-order valence-corrected chi connectivity index (χ3v) is 4.35. The fourth-order valence-corrected chi connectivity index (χ4v) is 2.92. The average Bonchev–Trinajstić information content (AvgIpc) is 2.81. The van der Waals surface area contributed by atoms with Gasteiger partial charge in [0.15, 0.2) is 0 Å². The van der Waals surface area contributed by atoms with Crippen LogP contribution in [0.15, 0.2) is 40.2 Å². The molecule has 0 saturated heterocycles. The molecule has 1 aromatic rings. The van der Waals surface area contributed by atoms with E-state index in [0.29, 0.717) is 0 Å². The second-order valence-corrected chi connectivity index (χ2v) is 5.68. The molecule has 1 heterocycles. The molecule has 98 valence electrons. The Morgan fingerprint density at radius 3 is 2.83 bits per heavy atom. The minimum atomic E-state index is 0.253. The molecule has 0 unspecified atom stereocenters. The van der Waals surface area contributed by atoms with Gasteiger partial charge in [-0.15, -0.1) is 11.8 Å². The predicted octanol–water partition coefficient (Wildman–Crippen LogP) is 2.23. The first-order valence-electron chi connectivity index (χ1n) is 6.45. The van der Waals surface area contributed by atoms with Crippen LogP contribution in [0.2, 0.25) is 0 Å². The van der Waals surface area contributed by atoms with Crippen molar-refractivity contribution < 1.29 is 0 Å². The summed E-state index contributed by atoms with van der Waals surface area (Å²) in [6.07, 6.45) is 1.03. The van der Waals surface area contributed by atoms with Crippen molar-refractivity contribution in [1.82, 2.24) is 4.90 Å². The molecule has 4 heteroatoms. The first kappa shape index (κ1) is 13.4. The number of hydrogen-bond donors (Lipinski definition) is 1. The van der Waals surface area contributed by atoms with E-state index in [1.54, 1.807) is 0 Å². The van der Waals surface area contributed by atoms with Gasteiger partial charge in [0.2, 0.25) is 0 Å². The van der Waals surface area contributed by atoms with Gasteiger partial charge in [0.05, 0.1) is 12.4 Å². The van der Waals surface area contributed by atoms with Crippen molar-refractivity contribution >= 4 is 17.6 Å². The van der Waals surface area contributed by atoms with Crippen LogP contribution >= 0.6 is 11.8 Å². The van der Waals surface area contributed by atoms with E-state index in [-0.39, 0.29) is 6.04 Å². The molecule has 2 rings (SSSR count). The lowest BCUT2D eigenvalue weighted by Crippen LogP contribution is -2.33. The van der Waals surface area contributed by atoms with Crippen molar-refractivity contribution in [2.75, 3.05) is 25.4 Å². The first-order chi connectivity index (χ1) is 8.75. The van der Waals surface area contributed by atoms with Crippen LogP contribution in [0.5, 0.6) is 0 Å². The summed E-state index contributed by atoms with van der Waals surface area (Å²) < 4.78 is 0. The highest BCUT2D eigenvalue weighted by molar-refractivity contribution is 7.99.